The standard InChI is InChI=1S/C18H24ClFN2O2Si/c1-25(2,3)9-8-24-12-22-11-14(13-4-6-23-7-5-13)16-17(19)15(20)10-21-18(16)22/h4,10-11H,5-9,12H2,1-3H3. The van der Waals surface area contributed by atoms with Gasteiger partial charge in [0, 0.05) is 31.8 Å². The summed E-state index contributed by atoms with van der Waals surface area (Å²) in [5.41, 5.74) is 2.69. The fraction of sp³-hybridized carbons (Fsp3) is 0.500. The van der Waals surface area contributed by atoms with E-state index in [-0.39, 0.29) is 5.02 Å². The van der Waals surface area contributed by atoms with Crippen LogP contribution in [-0.2, 0) is 16.2 Å². The zero-order valence-electron chi connectivity index (χ0n) is 14.9. The molecule has 0 saturated heterocycles. The van der Waals surface area contributed by atoms with Gasteiger partial charge in [-0.1, -0.05) is 37.3 Å². The summed E-state index contributed by atoms with van der Waals surface area (Å²) in [5.74, 6) is -0.500. The monoisotopic (exact) mass is 382 g/mol. The third kappa shape index (κ3) is 4.31. The summed E-state index contributed by atoms with van der Waals surface area (Å²) in [7, 11) is -1.13. The van der Waals surface area contributed by atoms with Crippen LogP contribution in [0.4, 0.5) is 4.39 Å². The molecule has 3 heterocycles. The van der Waals surface area contributed by atoms with Gasteiger partial charge in [-0.05, 0) is 18.0 Å². The van der Waals surface area contributed by atoms with Crippen molar-refractivity contribution in [3.05, 3.63) is 34.9 Å². The summed E-state index contributed by atoms with van der Waals surface area (Å²) in [6.45, 7) is 9.29. The third-order valence-corrected chi connectivity index (χ3v) is 6.39. The van der Waals surface area contributed by atoms with Crippen LogP contribution < -0.4 is 0 Å². The highest BCUT2D eigenvalue weighted by molar-refractivity contribution is 6.76. The van der Waals surface area contributed by atoms with Crippen molar-refractivity contribution in [2.24, 2.45) is 0 Å². The van der Waals surface area contributed by atoms with E-state index in [4.69, 9.17) is 21.1 Å². The van der Waals surface area contributed by atoms with Gasteiger partial charge < -0.3 is 14.0 Å². The molecule has 0 aromatic carbocycles. The first-order chi connectivity index (χ1) is 11.9. The average Bonchev–Trinajstić information content (AvgIpc) is 2.94. The number of rotatable bonds is 6. The SMILES string of the molecule is C[Si](C)(C)CCOCn1cc(C2=CCOCC2)c2c(Cl)c(F)cnc21. The minimum absolute atomic E-state index is 0.119. The number of ether oxygens (including phenoxy) is 2. The van der Waals surface area contributed by atoms with Gasteiger partial charge in [0.05, 0.1) is 24.4 Å². The normalized spacial score (nSPS) is 15.6. The quantitative estimate of drug-likeness (QED) is 0.524. The lowest BCUT2D eigenvalue weighted by atomic mass is 10.0. The fourth-order valence-corrected chi connectivity index (χ4v) is 3.84. The Balaban J connectivity index is 1.91. The van der Waals surface area contributed by atoms with E-state index in [2.05, 4.69) is 24.6 Å². The molecule has 1 aliphatic heterocycles. The lowest BCUT2D eigenvalue weighted by Crippen LogP contribution is -2.22. The smallest absolute Gasteiger partial charge is 0.160 e. The molecule has 0 unspecified atom stereocenters. The summed E-state index contributed by atoms with van der Waals surface area (Å²) in [6, 6.07) is 1.10. The second kappa shape index (κ2) is 7.58. The molecule has 0 fully saturated rings. The van der Waals surface area contributed by atoms with Gasteiger partial charge in [0.2, 0.25) is 0 Å². The Morgan fingerprint density at radius 3 is 2.88 bits per heavy atom. The van der Waals surface area contributed by atoms with E-state index in [1.165, 1.54) is 6.20 Å². The van der Waals surface area contributed by atoms with Gasteiger partial charge in [0.25, 0.3) is 0 Å². The third-order valence-electron chi connectivity index (χ3n) is 4.32. The van der Waals surface area contributed by atoms with E-state index < -0.39 is 13.9 Å². The van der Waals surface area contributed by atoms with E-state index in [1.807, 2.05) is 16.8 Å². The molecule has 0 spiro atoms. The van der Waals surface area contributed by atoms with E-state index in [1.54, 1.807) is 0 Å². The molecular weight excluding hydrogens is 359 g/mol. The molecule has 0 radical (unpaired) electrons. The number of pyridine rings is 1. The van der Waals surface area contributed by atoms with Crippen LogP contribution >= 0.6 is 11.6 Å². The summed E-state index contributed by atoms with van der Waals surface area (Å²) >= 11 is 6.26. The van der Waals surface area contributed by atoms with Crippen molar-refractivity contribution in [1.82, 2.24) is 9.55 Å². The van der Waals surface area contributed by atoms with Gasteiger partial charge in [-0.3, -0.25) is 0 Å². The molecule has 2 aromatic rings. The van der Waals surface area contributed by atoms with E-state index >= 15 is 0 Å². The minimum Gasteiger partial charge on any atom is -0.377 e. The number of fused-ring (bicyclic) bond motifs is 1. The summed E-state index contributed by atoms with van der Waals surface area (Å²) in [4.78, 5) is 4.26. The van der Waals surface area contributed by atoms with E-state index in [0.717, 1.165) is 30.2 Å². The predicted molar refractivity (Wildman–Crippen MR) is 102 cm³/mol. The van der Waals surface area contributed by atoms with Crippen molar-refractivity contribution in [3.63, 3.8) is 0 Å². The van der Waals surface area contributed by atoms with Crippen LogP contribution in [0.25, 0.3) is 16.6 Å². The molecule has 25 heavy (non-hydrogen) atoms. The Hall–Kier alpha value is -1.21. The molecule has 0 saturated carbocycles. The number of hydrogen-bond acceptors (Lipinski definition) is 3. The van der Waals surface area contributed by atoms with Gasteiger partial charge in [-0.25, -0.2) is 9.37 Å². The maximum atomic E-state index is 14.0. The lowest BCUT2D eigenvalue weighted by molar-refractivity contribution is 0.0898. The van der Waals surface area contributed by atoms with Crippen molar-refractivity contribution < 1.29 is 13.9 Å². The second-order valence-electron chi connectivity index (χ2n) is 7.53. The average molecular weight is 383 g/mol. The van der Waals surface area contributed by atoms with Crippen molar-refractivity contribution in [2.75, 3.05) is 19.8 Å². The Labute approximate surface area is 153 Å². The number of hydrogen-bond donors (Lipinski definition) is 0. The van der Waals surface area contributed by atoms with Crippen LogP contribution in [0.3, 0.4) is 0 Å². The summed E-state index contributed by atoms with van der Waals surface area (Å²) in [6.07, 6.45) is 5.94. The predicted octanol–water partition coefficient (Wildman–Crippen LogP) is 4.94. The van der Waals surface area contributed by atoms with Gasteiger partial charge >= 0.3 is 0 Å². The summed E-state index contributed by atoms with van der Waals surface area (Å²) < 4.78 is 27.1. The summed E-state index contributed by atoms with van der Waals surface area (Å²) in [5, 5.41) is 0.775. The van der Waals surface area contributed by atoms with Crippen LogP contribution in [0.5, 0.6) is 0 Å². The Morgan fingerprint density at radius 2 is 2.20 bits per heavy atom. The highest BCUT2D eigenvalue weighted by atomic mass is 35.5. The van der Waals surface area contributed by atoms with Crippen molar-refractivity contribution in [3.8, 4) is 0 Å². The molecule has 136 valence electrons. The van der Waals surface area contributed by atoms with E-state index in [0.29, 0.717) is 31.0 Å². The molecule has 1 aliphatic rings. The molecule has 7 heteroatoms. The zero-order chi connectivity index (χ0) is 18.0. The van der Waals surface area contributed by atoms with Crippen LogP contribution in [0, 0.1) is 5.82 Å². The zero-order valence-corrected chi connectivity index (χ0v) is 16.7. The van der Waals surface area contributed by atoms with Crippen LogP contribution in [0.15, 0.2) is 18.5 Å². The largest absolute Gasteiger partial charge is 0.377 e. The lowest BCUT2D eigenvalue weighted by Gasteiger charge is -2.15. The highest BCUT2D eigenvalue weighted by Crippen LogP contribution is 2.35. The van der Waals surface area contributed by atoms with Crippen molar-refractivity contribution >= 4 is 36.3 Å². The molecular formula is C18H24ClFN2O2Si. The fourth-order valence-electron chi connectivity index (χ4n) is 2.85. The maximum absolute atomic E-state index is 14.0. The topological polar surface area (TPSA) is 36.3 Å². The second-order valence-corrected chi connectivity index (χ2v) is 13.5. The highest BCUT2D eigenvalue weighted by Gasteiger charge is 2.20. The van der Waals surface area contributed by atoms with Crippen molar-refractivity contribution in [1.29, 1.82) is 0 Å². The number of nitrogens with zero attached hydrogens (tertiary/aromatic N) is 2. The Kier molecular flexibility index (Phi) is 5.63. The van der Waals surface area contributed by atoms with Gasteiger partial charge in [-0.2, -0.15) is 0 Å². The first-order valence-corrected chi connectivity index (χ1v) is 12.6. The Bertz CT molecular complexity index is 798. The maximum Gasteiger partial charge on any atom is 0.160 e. The first kappa shape index (κ1) is 18.6. The van der Waals surface area contributed by atoms with E-state index in [9.17, 15) is 4.39 Å². The first-order valence-electron chi connectivity index (χ1n) is 8.54. The molecule has 0 bridgehead atoms. The van der Waals surface area contributed by atoms with Gasteiger partial charge in [-0.15, -0.1) is 0 Å². The number of aromatic nitrogens is 2. The molecule has 0 aliphatic carbocycles. The van der Waals surface area contributed by atoms with Gasteiger partial charge in [0.1, 0.15) is 12.4 Å². The minimum atomic E-state index is -1.13. The molecule has 2 aromatic heterocycles. The van der Waals surface area contributed by atoms with Crippen LogP contribution in [0.2, 0.25) is 30.7 Å². The van der Waals surface area contributed by atoms with Crippen LogP contribution in [-0.4, -0.2) is 37.4 Å². The molecule has 3 rings (SSSR count). The van der Waals surface area contributed by atoms with Gasteiger partial charge in [0.15, 0.2) is 5.82 Å². The van der Waals surface area contributed by atoms with Crippen LogP contribution in [0.1, 0.15) is 12.0 Å². The molecule has 0 N–H and O–H groups in total. The molecule has 4 nitrogen and oxygen atoms in total. The number of halogens is 2. The Morgan fingerprint density at radius 1 is 1.40 bits per heavy atom. The van der Waals surface area contributed by atoms with Crippen molar-refractivity contribution in [2.45, 2.75) is 38.8 Å². The molecule has 0 atom stereocenters. The molecule has 0 amide bonds.